The van der Waals surface area contributed by atoms with Gasteiger partial charge in [-0.2, -0.15) is 5.10 Å². The molecule has 1 atom stereocenters. The molecule has 1 aromatic rings. The van der Waals surface area contributed by atoms with E-state index in [1.54, 1.807) is 50.8 Å². The number of ether oxygens (including phenoxy) is 1. The predicted molar refractivity (Wildman–Crippen MR) is 79.0 cm³/mol. The van der Waals surface area contributed by atoms with Gasteiger partial charge in [0.2, 0.25) is 10.0 Å². The molecular weight excluding hydrogens is 294 g/mol. The Bertz CT molecular complexity index is 552. The lowest BCUT2D eigenvalue weighted by Gasteiger charge is -2.23. The molecule has 0 fully saturated rings. The molecule has 1 rings (SSSR count). The Morgan fingerprint density at radius 3 is 2.67 bits per heavy atom. The molecule has 0 radical (unpaired) electrons. The molecule has 0 aliphatic rings. The summed E-state index contributed by atoms with van der Waals surface area (Å²) in [5.74, 6) is -0.836. The molecule has 0 spiro atoms. The monoisotopic (exact) mass is 317 g/mol. The van der Waals surface area contributed by atoms with Gasteiger partial charge < -0.3 is 4.74 Å². The van der Waals surface area contributed by atoms with Gasteiger partial charge in [0.25, 0.3) is 0 Å². The third-order valence-electron chi connectivity index (χ3n) is 2.78. The summed E-state index contributed by atoms with van der Waals surface area (Å²) in [5.41, 5.74) is -1.09. The highest BCUT2D eigenvalue weighted by Gasteiger charge is 2.35. The van der Waals surface area contributed by atoms with E-state index >= 15 is 0 Å². The highest BCUT2D eigenvalue weighted by molar-refractivity contribution is 7.89. The molecule has 7 nitrogen and oxygen atoms in total. The Morgan fingerprint density at radius 1 is 1.48 bits per heavy atom. The SMILES string of the molecule is CCOC(=O)C(C)(C)CS(=O)(=O)NC(C)Cn1cccn1. The molecule has 120 valence electrons. The fourth-order valence-electron chi connectivity index (χ4n) is 1.93. The average molecular weight is 317 g/mol. The van der Waals surface area contributed by atoms with Crippen molar-refractivity contribution >= 4 is 16.0 Å². The van der Waals surface area contributed by atoms with Gasteiger partial charge in [-0.25, -0.2) is 13.1 Å². The summed E-state index contributed by atoms with van der Waals surface area (Å²) in [6, 6.07) is 1.44. The van der Waals surface area contributed by atoms with E-state index in [0.29, 0.717) is 6.54 Å². The maximum Gasteiger partial charge on any atom is 0.312 e. The topological polar surface area (TPSA) is 90.3 Å². The van der Waals surface area contributed by atoms with E-state index in [1.807, 2.05) is 0 Å². The first kappa shape index (κ1) is 17.6. The van der Waals surface area contributed by atoms with Crippen LogP contribution in [0.5, 0.6) is 0 Å². The molecule has 8 heteroatoms. The van der Waals surface area contributed by atoms with Gasteiger partial charge in [0, 0.05) is 18.4 Å². The van der Waals surface area contributed by atoms with Gasteiger partial charge in [0.1, 0.15) is 0 Å². The molecule has 0 bridgehead atoms. The van der Waals surface area contributed by atoms with E-state index in [4.69, 9.17) is 4.74 Å². The second kappa shape index (κ2) is 7.04. The van der Waals surface area contributed by atoms with Crippen molar-refractivity contribution in [3.05, 3.63) is 18.5 Å². The van der Waals surface area contributed by atoms with Crippen molar-refractivity contribution in [2.45, 2.75) is 40.3 Å². The van der Waals surface area contributed by atoms with Gasteiger partial charge in [-0.15, -0.1) is 0 Å². The van der Waals surface area contributed by atoms with Crippen LogP contribution in [0.3, 0.4) is 0 Å². The largest absolute Gasteiger partial charge is 0.466 e. The number of hydrogen-bond acceptors (Lipinski definition) is 5. The molecule has 1 N–H and O–H groups in total. The Hall–Kier alpha value is -1.41. The molecule has 21 heavy (non-hydrogen) atoms. The van der Waals surface area contributed by atoms with E-state index in [-0.39, 0.29) is 18.4 Å². The van der Waals surface area contributed by atoms with Crippen LogP contribution in [0.1, 0.15) is 27.7 Å². The molecule has 1 unspecified atom stereocenters. The maximum absolute atomic E-state index is 12.1. The third-order valence-corrected chi connectivity index (χ3v) is 4.64. The Morgan fingerprint density at radius 2 is 2.14 bits per heavy atom. The van der Waals surface area contributed by atoms with Crippen LogP contribution in [0.2, 0.25) is 0 Å². The van der Waals surface area contributed by atoms with Crippen molar-refractivity contribution < 1.29 is 17.9 Å². The smallest absolute Gasteiger partial charge is 0.312 e. The minimum absolute atomic E-state index is 0.228. The van der Waals surface area contributed by atoms with Crippen molar-refractivity contribution in [1.82, 2.24) is 14.5 Å². The van der Waals surface area contributed by atoms with Crippen LogP contribution in [0, 0.1) is 5.41 Å². The lowest BCUT2D eigenvalue weighted by molar-refractivity contribution is -0.152. The van der Waals surface area contributed by atoms with Crippen LogP contribution in [-0.4, -0.2) is 42.6 Å². The highest BCUT2D eigenvalue weighted by Crippen LogP contribution is 2.20. The summed E-state index contributed by atoms with van der Waals surface area (Å²) in [4.78, 5) is 11.8. The molecule has 0 saturated carbocycles. The van der Waals surface area contributed by atoms with Crippen LogP contribution in [-0.2, 0) is 26.1 Å². The first-order valence-electron chi connectivity index (χ1n) is 6.81. The summed E-state index contributed by atoms with van der Waals surface area (Å²) >= 11 is 0. The van der Waals surface area contributed by atoms with Crippen LogP contribution < -0.4 is 4.72 Å². The first-order valence-corrected chi connectivity index (χ1v) is 8.46. The van der Waals surface area contributed by atoms with Crippen molar-refractivity contribution in [2.24, 2.45) is 5.41 Å². The van der Waals surface area contributed by atoms with Gasteiger partial charge in [-0.05, 0) is 33.8 Å². The third kappa shape index (κ3) is 5.84. The molecule has 0 saturated heterocycles. The zero-order valence-corrected chi connectivity index (χ0v) is 13.7. The number of carbonyl (C=O) groups excluding carboxylic acids is 1. The Kier molecular flexibility index (Phi) is 5.91. The lowest BCUT2D eigenvalue weighted by Crippen LogP contribution is -2.43. The highest BCUT2D eigenvalue weighted by atomic mass is 32.2. The number of esters is 1. The summed E-state index contributed by atoms with van der Waals surface area (Å²) in [5, 5.41) is 4.02. The minimum Gasteiger partial charge on any atom is -0.466 e. The fourth-order valence-corrected chi connectivity index (χ4v) is 3.77. The number of hydrogen-bond donors (Lipinski definition) is 1. The van der Waals surface area contributed by atoms with E-state index in [0.717, 1.165) is 0 Å². The van der Waals surface area contributed by atoms with Crippen molar-refractivity contribution in [3.8, 4) is 0 Å². The fraction of sp³-hybridized carbons (Fsp3) is 0.692. The van der Waals surface area contributed by atoms with Crippen LogP contribution in [0.4, 0.5) is 0 Å². The summed E-state index contributed by atoms with van der Waals surface area (Å²) in [6.07, 6.45) is 3.39. The number of sulfonamides is 1. The van der Waals surface area contributed by atoms with Crippen molar-refractivity contribution in [2.75, 3.05) is 12.4 Å². The molecule has 0 aliphatic carbocycles. The number of rotatable bonds is 8. The molecule has 1 heterocycles. The van der Waals surface area contributed by atoms with E-state index in [9.17, 15) is 13.2 Å². The van der Waals surface area contributed by atoms with Crippen LogP contribution in [0.25, 0.3) is 0 Å². The average Bonchev–Trinajstić information content (AvgIpc) is 2.79. The normalized spacial score (nSPS) is 13.9. The van der Waals surface area contributed by atoms with Gasteiger partial charge in [-0.3, -0.25) is 9.48 Å². The van der Waals surface area contributed by atoms with E-state index in [2.05, 4.69) is 9.82 Å². The Labute approximate surface area is 125 Å². The molecule has 0 aromatic carbocycles. The van der Waals surface area contributed by atoms with Crippen LogP contribution >= 0.6 is 0 Å². The number of nitrogens with zero attached hydrogens (tertiary/aromatic N) is 2. The molecule has 1 aromatic heterocycles. The zero-order chi connectivity index (χ0) is 16.1. The van der Waals surface area contributed by atoms with Crippen molar-refractivity contribution in [3.63, 3.8) is 0 Å². The number of carbonyl (C=O) groups is 1. The predicted octanol–water partition coefficient (Wildman–Crippen LogP) is 0.780. The number of aromatic nitrogens is 2. The summed E-state index contributed by atoms with van der Waals surface area (Å²) < 4.78 is 33.4. The standard InChI is InChI=1S/C13H23N3O4S/c1-5-20-12(17)13(3,4)10-21(18,19)15-11(2)9-16-8-6-7-14-16/h6-8,11,15H,5,9-10H2,1-4H3. The van der Waals surface area contributed by atoms with E-state index < -0.39 is 21.4 Å². The Balaban J connectivity index is 2.62. The quantitative estimate of drug-likeness (QED) is 0.716. The second-order valence-corrected chi connectivity index (χ2v) is 7.36. The molecule has 0 aliphatic heterocycles. The number of nitrogens with one attached hydrogen (secondary N) is 1. The van der Waals surface area contributed by atoms with Gasteiger partial charge in [0.05, 0.1) is 24.3 Å². The zero-order valence-electron chi connectivity index (χ0n) is 12.9. The minimum atomic E-state index is -3.60. The van der Waals surface area contributed by atoms with E-state index in [1.165, 1.54) is 0 Å². The summed E-state index contributed by atoms with van der Waals surface area (Å²) in [7, 11) is -3.60. The van der Waals surface area contributed by atoms with Gasteiger partial charge >= 0.3 is 5.97 Å². The molecular formula is C13H23N3O4S. The maximum atomic E-state index is 12.1. The molecule has 0 amide bonds. The van der Waals surface area contributed by atoms with Gasteiger partial charge in [-0.1, -0.05) is 0 Å². The van der Waals surface area contributed by atoms with Crippen molar-refractivity contribution in [1.29, 1.82) is 0 Å². The second-order valence-electron chi connectivity index (χ2n) is 5.61. The first-order chi connectivity index (χ1) is 9.66. The van der Waals surface area contributed by atoms with Crippen LogP contribution in [0.15, 0.2) is 18.5 Å². The lowest BCUT2D eigenvalue weighted by atomic mass is 9.97. The van der Waals surface area contributed by atoms with Gasteiger partial charge in [0.15, 0.2) is 0 Å². The summed E-state index contributed by atoms with van der Waals surface area (Å²) in [6.45, 7) is 7.20.